The van der Waals surface area contributed by atoms with Crippen molar-refractivity contribution in [3.63, 3.8) is 0 Å². The monoisotopic (exact) mass is 545 g/mol. The normalized spacial score (nSPS) is 15.8. The maximum Gasteiger partial charge on any atom is 0.296 e. The fourth-order valence-corrected chi connectivity index (χ4v) is 6.81. The van der Waals surface area contributed by atoms with Gasteiger partial charge >= 0.3 is 0 Å². The van der Waals surface area contributed by atoms with Gasteiger partial charge in [0, 0.05) is 16.0 Å². The molecule has 0 saturated carbocycles. The average Bonchev–Trinajstić information content (AvgIpc) is 3.70. The number of aliphatic hydroxyl groups is 1. The second kappa shape index (κ2) is 9.62. The number of carbonyl (C=O) groups excluding carboxylic acids is 2. The first-order valence-electron chi connectivity index (χ1n) is 11.3. The lowest BCUT2D eigenvalue weighted by molar-refractivity contribution is -0.117. The van der Waals surface area contributed by atoms with Crippen LogP contribution in [0.1, 0.15) is 32.6 Å². The smallest absolute Gasteiger partial charge is 0.296 e. The van der Waals surface area contributed by atoms with Crippen molar-refractivity contribution in [3.05, 3.63) is 105 Å². The number of aliphatic hydroxyl groups excluding tert-OH is 1. The first kappa shape index (κ1) is 23.7. The molecular weight excluding hydrogens is 527 g/mol. The molecule has 5 aromatic rings. The third kappa shape index (κ3) is 4.37. The van der Waals surface area contributed by atoms with E-state index in [4.69, 9.17) is 4.42 Å². The summed E-state index contributed by atoms with van der Waals surface area (Å²) in [5, 5.41) is 22.4. The largest absolute Gasteiger partial charge is 0.503 e. The Morgan fingerprint density at radius 1 is 1.11 bits per heavy atom. The van der Waals surface area contributed by atoms with E-state index in [1.54, 1.807) is 12.1 Å². The first-order chi connectivity index (χ1) is 18.0. The SMILES string of the molecule is Cc1ccc(CSc2nnc(N3C(=O)C(O)=C(C(=O)c4cc5ccccc5o4)C3c3cccs3)s2)cc1. The molecule has 2 aromatic carbocycles. The summed E-state index contributed by atoms with van der Waals surface area (Å²) in [6.45, 7) is 2.04. The number of para-hydroxylation sites is 1. The van der Waals surface area contributed by atoms with Crippen LogP contribution in [0.5, 0.6) is 0 Å². The number of rotatable bonds is 7. The molecule has 7 nitrogen and oxygen atoms in total. The van der Waals surface area contributed by atoms with Gasteiger partial charge in [-0.3, -0.25) is 14.5 Å². The van der Waals surface area contributed by atoms with E-state index in [0.717, 1.165) is 15.8 Å². The molecule has 1 amide bonds. The van der Waals surface area contributed by atoms with E-state index >= 15 is 0 Å². The predicted octanol–water partition coefficient (Wildman–Crippen LogP) is 6.73. The van der Waals surface area contributed by atoms with E-state index in [1.165, 1.54) is 44.9 Å². The van der Waals surface area contributed by atoms with Crippen LogP contribution >= 0.6 is 34.4 Å². The second-order valence-corrected chi connectivity index (χ2v) is 11.6. The maximum atomic E-state index is 13.6. The maximum absolute atomic E-state index is 13.6. The zero-order valence-corrected chi connectivity index (χ0v) is 21.9. The molecule has 1 unspecified atom stereocenters. The summed E-state index contributed by atoms with van der Waals surface area (Å²) in [4.78, 5) is 29.0. The number of amides is 1. The summed E-state index contributed by atoms with van der Waals surface area (Å²) in [6, 6.07) is 20.0. The van der Waals surface area contributed by atoms with Gasteiger partial charge in [-0.05, 0) is 36.1 Å². The number of Topliss-reactive ketones (excluding diaryl/α,β-unsaturated/α-hetero) is 1. The quantitative estimate of drug-likeness (QED) is 0.138. The zero-order chi connectivity index (χ0) is 25.5. The summed E-state index contributed by atoms with van der Waals surface area (Å²) in [6.07, 6.45) is 0. The van der Waals surface area contributed by atoms with Gasteiger partial charge in [-0.2, -0.15) is 0 Å². The Balaban J connectivity index is 1.32. The highest BCUT2D eigenvalue weighted by molar-refractivity contribution is 8.00. The van der Waals surface area contributed by atoms with Crippen LogP contribution in [0, 0.1) is 6.92 Å². The number of thiophene rings is 1. The molecule has 0 bridgehead atoms. The minimum Gasteiger partial charge on any atom is -0.503 e. The Bertz CT molecular complexity index is 1620. The van der Waals surface area contributed by atoms with Gasteiger partial charge in [-0.25, -0.2) is 0 Å². The number of aryl methyl sites for hydroxylation is 1. The molecule has 1 N–H and O–H groups in total. The Labute approximate surface area is 224 Å². The highest BCUT2D eigenvalue weighted by atomic mass is 32.2. The number of hydrogen-bond acceptors (Lipinski definition) is 9. The van der Waals surface area contributed by atoms with Crippen LogP contribution in [0.25, 0.3) is 11.0 Å². The second-order valence-electron chi connectivity index (χ2n) is 8.46. The number of nitrogens with zero attached hydrogens (tertiary/aromatic N) is 3. The minimum atomic E-state index is -0.837. The molecule has 10 heteroatoms. The lowest BCUT2D eigenvalue weighted by atomic mass is 10.0. The van der Waals surface area contributed by atoms with Gasteiger partial charge in [0.15, 0.2) is 15.9 Å². The lowest BCUT2D eigenvalue weighted by Gasteiger charge is -2.22. The van der Waals surface area contributed by atoms with Crippen molar-refractivity contribution in [2.45, 2.75) is 23.1 Å². The van der Waals surface area contributed by atoms with Gasteiger partial charge in [-0.1, -0.05) is 77.2 Å². The molecule has 0 spiro atoms. The number of thioether (sulfide) groups is 1. The van der Waals surface area contributed by atoms with Crippen LogP contribution in [0.4, 0.5) is 5.13 Å². The van der Waals surface area contributed by atoms with Gasteiger partial charge in [0.1, 0.15) is 11.6 Å². The highest BCUT2D eigenvalue weighted by Gasteiger charge is 2.47. The Morgan fingerprint density at radius 3 is 2.68 bits per heavy atom. The van der Waals surface area contributed by atoms with Crippen molar-refractivity contribution < 1.29 is 19.1 Å². The van der Waals surface area contributed by atoms with Gasteiger partial charge in [0.05, 0.1) is 5.57 Å². The molecule has 3 aromatic heterocycles. The molecule has 37 heavy (non-hydrogen) atoms. The van der Waals surface area contributed by atoms with E-state index in [9.17, 15) is 14.7 Å². The summed E-state index contributed by atoms with van der Waals surface area (Å²) >= 11 is 4.16. The molecule has 0 saturated heterocycles. The molecule has 0 aliphatic carbocycles. The van der Waals surface area contributed by atoms with Crippen LogP contribution in [0.15, 0.2) is 92.2 Å². The fourth-order valence-electron chi connectivity index (χ4n) is 4.16. The molecule has 0 radical (unpaired) electrons. The molecule has 1 aliphatic rings. The van der Waals surface area contributed by atoms with Crippen molar-refractivity contribution in [3.8, 4) is 0 Å². The molecular formula is C27H19N3O4S3. The number of fused-ring (bicyclic) bond motifs is 1. The minimum absolute atomic E-state index is 0.0319. The van der Waals surface area contributed by atoms with Gasteiger partial charge in [0.2, 0.25) is 10.9 Å². The topological polar surface area (TPSA) is 96.5 Å². The number of carbonyl (C=O) groups is 2. The molecule has 184 valence electrons. The van der Waals surface area contributed by atoms with E-state index in [1.807, 2.05) is 42.6 Å². The average molecular weight is 546 g/mol. The number of aromatic nitrogens is 2. The van der Waals surface area contributed by atoms with Crippen molar-refractivity contribution in [2.24, 2.45) is 0 Å². The van der Waals surface area contributed by atoms with Crippen molar-refractivity contribution in [1.29, 1.82) is 0 Å². The molecule has 0 fully saturated rings. The van der Waals surface area contributed by atoms with Crippen LogP contribution in [-0.4, -0.2) is 27.0 Å². The number of hydrogen-bond donors (Lipinski definition) is 1. The van der Waals surface area contributed by atoms with E-state index in [2.05, 4.69) is 34.5 Å². The van der Waals surface area contributed by atoms with Crippen molar-refractivity contribution >= 4 is 62.2 Å². The van der Waals surface area contributed by atoms with Crippen molar-refractivity contribution in [1.82, 2.24) is 10.2 Å². The molecule has 6 rings (SSSR count). The Kier molecular flexibility index (Phi) is 6.15. The third-order valence-electron chi connectivity index (χ3n) is 6.00. The number of furan rings is 1. The molecule has 4 heterocycles. The molecule has 1 aliphatic heterocycles. The van der Waals surface area contributed by atoms with Gasteiger partial charge in [-0.15, -0.1) is 21.5 Å². The number of anilines is 1. The summed E-state index contributed by atoms with van der Waals surface area (Å²) < 4.78 is 6.45. The number of benzene rings is 2. The van der Waals surface area contributed by atoms with Crippen LogP contribution in [0.2, 0.25) is 0 Å². The Hall–Kier alpha value is -3.73. The first-order valence-corrected chi connectivity index (χ1v) is 14.0. The van der Waals surface area contributed by atoms with Crippen molar-refractivity contribution in [2.75, 3.05) is 4.90 Å². The van der Waals surface area contributed by atoms with Gasteiger partial charge < -0.3 is 9.52 Å². The van der Waals surface area contributed by atoms with Crippen LogP contribution in [-0.2, 0) is 10.5 Å². The summed E-state index contributed by atoms with van der Waals surface area (Å²) in [7, 11) is 0. The van der Waals surface area contributed by atoms with Gasteiger partial charge in [0.25, 0.3) is 5.91 Å². The fraction of sp³-hybridized carbons (Fsp3) is 0.111. The van der Waals surface area contributed by atoms with Crippen LogP contribution < -0.4 is 4.90 Å². The standard InChI is InChI=1S/C27H19N3O4S3/c1-15-8-10-16(11-9-15)14-36-27-29-28-26(37-27)30-22(20-7-4-12-35-20)21(24(32)25(30)33)23(31)19-13-17-5-2-3-6-18(17)34-19/h2-13,22,32H,14H2,1H3. The van der Waals surface area contributed by atoms with Crippen LogP contribution in [0.3, 0.4) is 0 Å². The Morgan fingerprint density at radius 2 is 1.92 bits per heavy atom. The predicted molar refractivity (Wildman–Crippen MR) is 145 cm³/mol. The lowest BCUT2D eigenvalue weighted by Crippen LogP contribution is -2.30. The third-order valence-corrected chi connectivity index (χ3v) is 9.05. The van der Waals surface area contributed by atoms with E-state index in [0.29, 0.717) is 20.8 Å². The zero-order valence-electron chi connectivity index (χ0n) is 19.5. The summed E-state index contributed by atoms with van der Waals surface area (Å²) in [5.41, 5.74) is 2.87. The van der Waals surface area contributed by atoms with E-state index in [-0.39, 0.29) is 11.3 Å². The molecule has 1 atom stereocenters. The van der Waals surface area contributed by atoms with E-state index < -0.39 is 23.5 Å². The number of ketones is 1. The summed E-state index contributed by atoms with van der Waals surface area (Å²) in [5.74, 6) is -1.07. The highest BCUT2D eigenvalue weighted by Crippen LogP contribution is 2.45.